The number of para-hydroxylation sites is 2. The molecule has 0 bridgehead atoms. The minimum atomic E-state index is -4.24. The Morgan fingerprint density at radius 1 is 0.886 bits per heavy atom. The highest BCUT2D eigenvalue weighted by molar-refractivity contribution is 7.92. The lowest BCUT2D eigenvalue weighted by molar-refractivity contribution is -0.124. The van der Waals surface area contributed by atoms with Crippen LogP contribution in [0.2, 0.25) is 0 Å². The minimum Gasteiger partial charge on any atom is -0.506 e. The number of rotatable bonds is 9. The van der Waals surface area contributed by atoms with E-state index in [4.69, 9.17) is 0 Å². The number of aromatic carboxylic acids is 1. The molecular formula is C23H20N4O7S. The van der Waals surface area contributed by atoms with Crippen LogP contribution in [0.3, 0.4) is 0 Å². The number of ketones is 1. The maximum atomic E-state index is 12.8. The number of benzene rings is 3. The molecule has 0 aliphatic heterocycles. The first-order chi connectivity index (χ1) is 16.6. The average Bonchev–Trinajstić information content (AvgIpc) is 2.78. The number of nitrogens with one attached hydrogen (secondary N) is 2. The summed E-state index contributed by atoms with van der Waals surface area (Å²) in [5, 5.41) is 29.8. The Hall–Kier alpha value is -4.58. The molecule has 3 rings (SSSR count). The Morgan fingerprint density at radius 3 is 2.20 bits per heavy atom. The van der Waals surface area contributed by atoms with Crippen LogP contribution in [0.5, 0.6) is 5.75 Å². The Balaban J connectivity index is 1.89. The maximum absolute atomic E-state index is 12.8. The van der Waals surface area contributed by atoms with E-state index in [1.807, 2.05) is 0 Å². The van der Waals surface area contributed by atoms with Crippen LogP contribution in [0, 0.1) is 0 Å². The maximum Gasteiger partial charge on any atom is 0.337 e. The molecule has 0 fully saturated rings. The van der Waals surface area contributed by atoms with Crippen LogP contribution in [-0.2, 0) is 19.6 Å². The SMILES string of the molecule is CC(=O)CC(=O)Nc1ccccc1N=Nc1cc(S(=O)(=O)Nc2ccccc2C(=O)O)ccc1O. The molecule has 11 nitrogen and oxygen atoms in total. The molecular weight excluding hydrogens is 476 g/mol. The third-order valence-corrected chi connectivity index (χ3v) is 5.88. The van der Waals surface area contributed by atoms with Gasteiger partial charge in [0.15, 0.2) is 0 Å². The van der Waals surface area contributed by atoms with E-state index in [9.17, 15) is 33.0 Å². The van der Waals surface area contributed by atoms with E-state index in [0.717, 1.165) is 18.2 Å². The van der Waals surface area contributed by atoms with Crippen molar-refractivity contribution in [3.8, 4) is 5.75 Å². The summed E-state index contributed by atoms with van der Waals surface area (Å²) in [6.45, 7) is 1.28. The van der Waals surface area contributed by atoms with Crippen molar-refractivity contribution in [2.75, 3.05) is 10.0 Å². The van der Waals surface area contributed by atoms with E-state index in [2.05, 4.69) is 20.3 Å². The molecule has 12 heteroatoms. The summed E-state index contributed by atoms with van der Waals surface area (Å²) in [4.78, 5) is 34.1. The number of hydrogen-bond acceptors (Lipinski definition) is 8. The molecule has 0 unspecified atom stereocenters. The van der Waals surface area contributed by atoms with Crippen LogP contribution in [0.15, 0.2) is 81.9 Å². The van der Waals surface area contributed by atoms with Gasteiger partial charge in [0.2, 0.25) is 5.91 Å². The fourth-order valence-electron chi connectivity index (χ4n) is 2.91. The summed E-state index contributed by atoms with van der Waals surface area (Å²) in [5.74, 6) is -2.53. The van der Waals surface area contributed by atoms with Crippen molar-refractivity contribution < 1.29 is 33.0 Å². The smallest absolute Gasteiger partial charge is 0.337 e. The second kappa shape index (κ2) is 10.6. The molecule has 0 aromatic heterocycles. The van der Waals surface area contributed by atoms with Gasteiger partial charge in [0.05, 0.1) is 28.3 Å². The topological polar surface area (TPSA) is 175 Å². The van der Waals surface area contributed by atoms with Gasteiger partial charge in [0.25, 0.3) is 10.0 Å². The van der Waals surface area contributed by atoms with Gasteiger partial charge in [0.1, 0.15) is 22.9 Å². The highest BCUT2D eigenvalue weighted by Crippen LogP contribution is 2.33. The van der Waals surface area contributed by atoms with Crippen LogP contribution in [0.4, 0.5) is 22.7 Å². The molecule has 0 aliphatic rings. The average molecular weight is 497 g/mol. The van der Waals surface area contributed by atoms with E-state index in [-0.39, 0.29) is 51.2 Å². The molecule has 0 saturated carbocycles. The lowest BCUT2D eigenvalue weighted by atomic mass is 10.2. The second-order valence-corrected chi connectivity index (χ2v) is 8.93. The quantitative estimate of drug-likeness (QED) is 0.253. The zero-order chi connectivity index (χ0) is 25.6. The normalized spacial score (nSPS) is 11.2. The summed E-state index contributed by atoms with van der Waals surface area (Å²) in [5.41, 5.74) is -0.0998. The Kier molecular flexibility index (Phi) is 7.56. The van der Waals surface area contributed by atoms with Gasteiger partial charge in [-0.15, -0.1) is 10.2 Å². The predicted octanol–water partition coefficient (Wildman–Crippen LogP) is 4.22. The van der Waals surface area contributed by atoms with Gasteiger partial charge in [-0.3, -0.25) is 14.3 Å². The summed E-state index contributed by atoms with van der Waals surface area (Å²) >= 11 is 0. The zero-order valence-electron chi connectivity index (χ0n) is 18.3. The number of carboxylic acids is 1. The standard InChI is InChI=1S/C23H20N4O7S/c1-14(28)12-22(30)24-18-8-4-5-9-19(18)25-26-20-13-15(10-11-21(20)29)35(33,34)27-17-7-3-2-6-16(17)23(31)32/h2-11,13,27,29H,12H2,1H3,(H,24,30)(H,31,32). The molecule has 4 N–H and O–H groups in total. The highest BCUT2D eigenvalue weighted by atomic mass is 32.2. The van der Waals surface area contributed by atoms with Crippen LogP contribution >= 0.6 is 0 Å². The minimum absolute atomic E-state index is 0.133. The number of carboxylic acid groups (broad SMARTS) is 1. The monoisotopic (exact) mass is 496 g/mol. The molecule has 3 aromatic rings. The van der Waals surface area contributed by atoms with Crippen molar-refractivity contribution in [1.82, 2.24) is 0 Å². The number of Topliss-reactive ketones (excluding diaryl/α,β-unsaturated/α-hetero) is 1. The number of anilines is 2. The number of phenolic OH excluding ortho intramolecular Hbond substituents is 1. The molecule has 35 heavy (non-hydrogen) atoms. The van der Waals surface area contributed by atoms with Crippen LogP contribution < -0.4 is 10.0 Å². The number of amides is 1. The number of hydrogen-bond donors (Lipinski definition) is 4. The van der Waals surface area contributed by atoms with Gasteiger partial charge >= 0.3 is 5.97 Å². The first-order valence-electron chi connectivity index (χ1n) is 10.0. The van der Waals surface area contributed by atoms with Crippen LogP contribution in [0.1, 0.15) is 23.7 Å². The summed E-state index contributed by atoms with van der Waals surface area (Å²) < 4.78 is 27.9. The number of aromatic hydroxyl groups is 1. The van der Waals surface area contributed by atoms with Crippen LogP contribution in [0.25, 0.3) is 0 Å². The fourth-order valence-corrected chi connectivity index (χ4v) is 4.01. The first kappa shape index (κ1) is 25.1. The number of carbonyl (C=O) groups is 3. The third kappa shape index (κ3) is 6.48. The van der Waals surface area contributed by atoms with E-state index in [0.29, 0.717) is 0 Å². The number of carbonyl (C=O) groups excluding carboxylic acids is 2. The second-order valence-electron chi connectivity index (χ2n) is 7.25. The van der Waals surface area contributed by atoms with Crippen molar-refractivity contribution in [3.63, 3.8) is 0 Å². The molecule has 0 saturated heterocycles. The summed E-state index contributed by atoms with van der Waals surface area (Å²) in [6.07, 6.45) is -0.315. The fraction of sp³-hybridized carbons (Fsp3) is 0.0870. The lowest BCUT2D eigenvalue weighted by Gasteiger charge is -2.11. The van der Waals surface area contributed by atoms with E-state index in [1.165, 1.54) is 43.3 Å². The molecule has 1 amide bonds. The zero-order valence-corrected chi connectivity index (χ0v) is 19.1. The van der Waals surface area contributed by atoms with Crippen molar-refractivity contribution in [3.05, 3.63) is 72.3 Å². The first-order valence-corrected chi connectivity index (χ1v) is 11.5. The van der Waals surface area contributed by atoms with Gasteiger partial charge in [-0.05, 0) is 49.4 Å². The van der Waals surface area contributed by atoms with Crippen LogP contribution in [-0.4, -0.2) is 36.3 Å². The van der Waals surface area contributed by atoms with Gasteiger partial charge in [0, 0.05) is 0 Å². The predicted molar refractivity (Wildman–Crippen MR) is 127 cm³/mol. The lowest BCUT2D eigenvalue weighted by Crippen LogP contribution is -2.15. The Morgan fingerprint density at radius 2 is 1.51 bits per heavy atom. The molecule has 0 radical (unpaired) electrons. The van der Waals surface area contributed by atoms with Crippen molar-refractivity contribution in [2.24, 2.45) is 10.2 Å². The Bertz CT molecular complexity index is 1440. The van der Waals surface area contributed by atoms with Gasteiger partial charge in [-0.2, -0.15) is 0 Å². The summed E-state index contributed by atoms with van der Waals surface area (Å²) in [6, 6.07) is 15.1. The number of sulfonamides is 1. The van der Waals surface area contributed by atoms with Gasteiger partial charge < -0.3 is 15.5 Å². The number of nitrogens with zero attached hydrogens (tertiary/aromatic N) is 2. The molecule has 3 aromatic carbocycles. The molecule has 0 spiro atoms. The van der Waals surface area contributed by atoms with Crippen molar-refractivity contribution in [1.29, 1.82) is 0 Å². The molecule has 0 heterocycles. The highest BCUT2D eigenvalue weighted by Gasteiger charge is 2.20. The molecule has 0 aliphatic carbocycles. The van der Waals surface area contributed by atoms with Gasteiger partial charge in [-0.25, -0.2) is 13.2 Å². The molecule has 180 valence electrons. The summed E-state index contributed by atoms with van der Waals surface area (Å²) in [7, 11) is -4.24. The Labute approximate surface area is 200 Å². The van der Waals surface area contributed by atoms with Gasteiger partial charge in [-0.1, -0.05) is 24.3 Å². The largest absolute Gasteiger partial charge is 0.506 e. The number of phenols is 1. The van der Waals surface area contributed by atoms with E-state index in [1.54, 1.807) is 12.1 Å². The van der Waals surface area contributed by atoms with E-state index >= 15 is 0 Å². The van der Waals surface area contributed by atoms with Crippen molar-refractivity contribution >= 4 is 50.4 Å². The van der Waals surface area contributed by atoms with E-state index < -0.39 is 21.9 Å². The molecule has 0 atom stereocenters. The number of azo groups is 1. The van der Waals surface area contributed by atoms with Crippen molar-refractivity contribution in [2.45, 2.75) is 18.2 Å². The third-order valence-electron chi connectivity index (χ3n) is 4.51.